The van der Waals surface area contributed by atoms with Gasteiger partial charge in [0.1, 0.15) is 30.5 Å². The number of anilines is 1. The lowest BCUT2D eigenvalue weighted by atomic mass is 9.89. The van der Waals surface area contributed by atoms with Gasteiger partial charge in [0.15, 0.2) is 0 Å². The number of ether oxygens (including phenoxy) is 1. The summed E-state index contributed by atoms with van der Waals surface area (Å²) >= 11 is 0. The average molecular weight is 402 g/mol. The van der Waals surface area contributed by atoms with Crippen molar-refractivity contribution in [3.63, 3.8) is 0 Å². The molecule has 0 aromatic heterocycles. The number of benzene rings is 2. The minimum absolute atomic E-state index is 0.452. The third-order valence-corrected chi connectivity index (χ3v) is 5.45. The highest BCUT2D eigenvalue weighted by Crippen LogP contribution is 2.34. The molecular formula is C23H31NO5. The summed E-state index contributed by atoms with van der Waals surface area (Å²) in [7, 11) is 0. The van der Waals surface area contributed by atoms with Gasteiger partial charge in [0, 0.05) is 5.69 Å². The van der Waals surface area contributed by atoms with Crippen LogP contribution in [-0.2, 0) is 17.6 Å². The zero-order valence-corrected chi connectivity index (χ0v) is 16.9. The molecule has 2 aromatic carbocycles. The van der Waals surface area contributed by atoms with Crippen LogP contribution in [0.4, 0.5) is 5.69 Å². The second-order valence-corrected chi connectivity index (χ2v) is 8.30. The van der Waals surface area contributed by atoms with Crippen molar-refractivity contribution in [1.29, 1.82) is 0 Å². The third kappa shape index (κ3) is 4.97. The second kappa shape index (κ2) is 9.24. The van der Waals surface area contributed by atoms with Crippen LogP contribution >= 0.6 is 0 Å². The van der Waals surface area contributed by atoms with Crippen molar-refractivity contribution in [2.45, 2.75) is 57.2 Å². The van der Waals surface area contributed by atoms with Crippen molar-refractivity contribution in [3.8, 4) is 0 Å². The van der Waals surface area contributed by atoms with Crippen LogP contribution in [0.15, 0.2) is 42.5 Å². The van der Waals surface area contributed by atoms with Crippen molar-refractivity contribution in [3.05, 3.63) is 64.7 Å². The van der Waals surface area contributed by atoms with Crippen molar-refractivity contribution >= 4 is 5.69 Å². The summed E-state index contributed by atoms with van der Waals surface area (Å²) < 4.78 is 5.66. The summed E-state index contributed by atoms with van der Waals surface area (Å²) in [6.07, 6.45) is -4.22. The standard InChI is InChI=1S/C23H31NO5/c1-13(2)9-14-3-5-15(6-4-14)10-17-11-16(7-8-18(17)24)23-22(28)21(27)20(26)19(12-25)29-23/h3-8,11,13,19-23,25-28H,9-10,12,24H2,1-2H3/t19-,20-,21+,22-,23+/m1/s1. The van der Waals surface area contributed by atoms with Gasteiger partial charge >= 0.3 is 0 Å². The molecule has 1 saturated heterocycles. The van der Waals surface area contributed by atoms with Gasteiger partial charge < -0.3 is 30.9 Å². The summed E-state index contributed by atoms with van der Waals surface area (Å²) in [6.45, 7) is 3.93. The van der Waals surface area contributed by atoms with Crippen LogP contribution in [0.1, 0.15) is 42.2 Å². The maximum absolute atomic E-state index is 10.4. The van der Waals surface area contributed by atoms with Crippen LogP contribution in [0.3, 0.4) is 0 Å². The number of hydrogen-bond donors (Lipinski definition) is 5. The molecule has 158 valence electrons. The topological polar surface area (TPSA) is 116 Å². The van der Waals surface area contributed by atoms with E-state index < -0.39 is 37.1 Å². The highest BCUT2D eigenvalue weighted by Gasteiger charge is 2.43. The van der Waals surface area contributed by atoms with Crippen LogP contribution in [0, 0.1) is 5.92 Å². The first-order valence-electron chi connectivity index (χ1n) is 10.1. The molecule has 3 rings (SSSR count). The minimum Gasteiger partial charge on any atom is -0.398 e. The Morgan fingerprint density at radius 2 is 1.59 bits per heavy atom. The van der Waals surface area contributed by atoms with E-state index in [1.807, 2.05) is 6.07 Å². The molecule has 6 N–H and O–H groups in total. The van der Waals surface area contributed by atoms with Crippen molar-refractivity contribution in [2.75, 3.05) is 12.3 Å². The van der Waals surface area contributed by atoms with Gasteiger partial charge in [-0.3, -0.25) is 0 Å². The lowest BCUT2D eigenvalue weighted by molar-refractivity contribution is -0.231. The fourth-order valence-electron chi connectivity index (χ4n) is 3.82. The summed E-state index contributed by atoms with van der Waals surface area (Å²) in [5.41, 5.74) is 10.7. The van der Waals surface area contributed by atoms with E-state index in [0.29, 0.717) is 23.6 Å². The highest BCUT2D eigenvalue weighted by molar-refractivity contribution is 5.51. The Labute approximate surface area is 171 Å². The van der Waals surface area contributed by atoms with Crippen LogP contribution < -0.4 is 5.73 Å². The number of nitrogens with two attached hydrogens (primary N) is 1. The van der Waals surface area contributed by atoms with E-state index in [1.54, 1.807) is 12.1 Å². The summed E-state index contributed by atoms with van der Waals surface area (Å²) in [6, 6.07) is 13.8. The maximum atomic E-state index is 10.4. The fourth-order valence-corrected chi connectivity index (χ4v) is 3.82. The van der Waals surface area contributed by atoms with Crippen molar-refractivity contribution in [2.24, 2.45) is 5.92 Å². The van der Waals surface area contributed by atoms with Gasteiger partial charge in [0.05, 0.1) is 6.61 Å². The second-order valence-electron chi connectivity index (χ2n) is 8.30. The first-order valence-corrected chi connectivity index (χ1v) is 10.1. The van der Waals surface area contributed by atoms with Crippen LogP contribution in [0.2, 0.25) is 0 Å². The monoisotopic (exact) mass is 401 g/mol. The quantitative estimate of drug-likeness (QED) is 0.469. The Hall–Kier alpha value is -1.96. The van der Waals surface area contributed by atoms with Crippen LogP contribution in [0.25, 0.3) is 0 Å². The molecule has 0 aliphatic carbocycles. The van der Waals surface area contributed by atoms with Crippen LogP contribution in [0.5, 0.6) is 0 Å². The number of aliphatic hydroxyl groups excluding tert-OH is 4. The molecule has 1 aliphatic heterocycles. The number of hydrogen-bond acceptors (Lipinski definition) is 6. The van der Waals surface area contributed by atoms with E-state index in [2.05, 4.69) is 38.1 Å². The molecule has 0 bridgehead atoms. The molecule has 0 saturated carbocycles. The predicted octanol–water partition coefficient (Wildman–Crippen LogP) is 1.57. The highest BCUT2D eigenvalue weighted by atomic mass is 16.5. The van der Waals surface area contributed by atoms with E-state index in [9.17, 15) is 20.4 Å². The van der Waals surface area contributed by atoms with Gasteiger partial charge in [0.2, 0.25) is 0 Å². The Balaban J connectivity index is 1.81. The fraction of sp³-hybridized carbons (Fsp3) is 0.478. The summed E-state index contributed by atoms with van der Waals surface area (Å²) in [5, 5.41) is 39.8. The van der Waals surface area contributed by atoms with Gasteiger partial charge in [0.25, 0.3) is 0 Å². The molecule has 1 heterocycles. The third-order valence-electron chi connectivity index (χ3n) is 5.45. The van der Waals surface area contributed by atoms with Gasteiger partial charge in [-0.15, -0.1) is 0 Å². The van der Waals surface area contributed by atoms with Gasteiger partial charge in [-0.2, -0.15) is 0 Å². The molecule has 0 spiro atoms. The summed E-state index contributed by atoms with van der Waals surface area (Å²) in [4.78, 5) is 0. The molecule has 5 atom stereocenters. The molecule has 0 amide bonds. The molecule has 29 heavy (non-hydrogen) atoms. The number of nitrogen functional groups attached to an aromatic ring is 1. The molecule has 0 radical (unpaired) electrons. The molecule has 6 heteroatoms. The first-order chi connectivity index (χ1) is 13.8. The lowest BCUT2D eigenvalue weighted by Crippen LogP contribution is -2.55. The Bertz CT molecular complexity index is 805. The summed E-state index contributed by atoms with van der Waals surface area (Å²) in [5.74, 6) is 0.603. The zero-order chi connectivity index (χ0) is 21.1. The molecule has 2 aromatic rings. The predicted molar refractivity (Wildman–Crippen MR) is 111 cm³/mol. The van der Waals surface area contributed by atoms with Gasteiger partial charge in [-0.1, -0.05) is 50.2 Å². The van der Waals surface area contributed by atoms with E-state index in [-0.39, 0.29) is 0 Å². The largest absolute Gasteiger partial charge is 0.398 e. The molecule has 1 aliphatic rings. The van der Waals surface area contributed by atoms with E-state index >= 15 is 0 Å². The maximum Gasteiger partial charge on any atom is 0.113 e. The van der Waals surface area contributed by atoms with Crippen molar-refractivity contribution in [1.82, 2.24) is 0 Å². The lowest BCUT2D eigenvalue weighted by Gasteiger charge is -2.40. The van der Waals surface area contributed by atoms with Crippen molar-refractivity contribution < 1.29 is 25.2 Å². The van der Waals surface area contributed by atoms with Gasteiger partial charge in [-0.25, -0.2) is 0 Å². The normalized spacial score (nSPS) is 27.3. The number of rotatable bonds is 6. The number of aliphatic hydroxyl groups is 4. The Kier molecular flexibility index (Phi) is 6.93. The minimum atomic E-state index is -1.40. The Morgan fingerprint density at radius 3 is 2.21 bits per heavy atom. The average Bonchev–Trinajstić information content (AvgIpc) is 2.69. The zero-order valence-electron chi connectivity index (χ0n) is 16.9. The smallest absolute Gasteiger partial charge is 0.113 e. The van der Waals surface area contributed by atoms with E-state index in [0.717, 1.165) is 17.5 Å². The van der Waals surface area contributed by atoms with E-state index in [4.69, 9.17) is 10.5 Å². The van der Waals surface area contributed by atoms with Crippen LogP contribution in [-0.4, -0.2) is 51.4 Å². The first kappa shape index (κ1) is 21.7. The SMILES string of the molecule is CC(C)Cc1ccc(Cc2cc([C@@H]3O[C@H](CO)[C@@H](O)[C@H](O)[C@H]3O)ccc2N)cc1. The van der Waals surface area contributed by atoms with Gasteiger partial charge in [-0.05, 0) is 47.1 Å². The molecule has 6 nitrogen and oxygen atoms in total. The molecule has 0 unspecified atom stereocenters. The molecular weight excluding hydrogens is 370 g/mol. The Morgan fingerprint density at radius 1 is 0.931 bits per heavy atom. The molecule has 1 fully saturated rings. The van der Waals surface area contributed by atoms with E-state index in [1.165, 1.54) is 5.56 Å².